The minimum Gasteiger partial charge on any atom is -0.392 e. The number of thioether (sulfide) groups is 1. The second-order valence-corrected chi connectivity index (χ2v) is 14.7. The van der Waals surface area contributed by atoms with E-state index in [-0.39, 0.29) is 37.2 Å². The van der Waals surface area contributed by atoms with E-state index >= 15 is 0 Å². The van der Waals surface area contributed by atoms with E-state index in [1.165, 1.54) is 6.92 Å². The van der Waals surface area contributed by atoms with Crippen molar-refractivity contribution in [2.75, 3.05) is 11.1 Å². The molecule has 1 heterocycles. The highest BCUT2D eigenvalue weighted by Crippen LogP contribution is 2.43. The quantitative estimate of drug-likeness (QED) is 0.113. The van der Waals surface area contributed by atoms with E-state index in [0.29, 0.717) is 5.75 Å². The van der Waals surface area contributed by atoms with Crippen molar-refractivity contribution in [1.29, 1.82) is 0 Å². The number of amides is 2. The fourth-order valence-electron chi connectivity index (χ4n) is 5.30. The lowest BCUT2D eigenvalue weighted by Crippen LogP contribution is -2.38. The van der Waals surface area contributed by atoms with Crippen molar-refractivity contribution in [3.8, 4) is 11.1 Å². The Labute approximate surface area is 293 Å². The number of anilines is 1. The molecular weight excluding hydrogens is 679 g/mol. The average Bonchev–Trinajstić information content (AvgIpc) is 3.07. The second kappa shape index (κ2) is 15.9. The number of rotatable bonds is 10. The van der Waals surface area contributed by atoms with E-state index < -0.39 is 16.0 Å². The molecule has 4 aromatic rings. The maximum atomic E-state index is 12.0. The molecule has 1 aliphatic heterocycles. The predicted octanol–water partition coefficient (Wildman–Crippen LogP) is 8.37. The third-order valence-electron chi connectivity index (χ3n) is 7.87. The van der Waals surface area contributed by atoms with Crippen LogP contribution < -0.4 is 10.6 Å². The lowest BCUT2D eigenvalue weighted by atomic mass is 9.91. The van der Waals surface area contributed by atoms with Gasteiger partial charge in [-0.2, -0.15) is 0 Å². The highest BCUT2D eigenvalue weighted by molar-refractivity contribution is 7.99. The molecule has 7 nitrogen and oxygen atoms in total. The van der Waals surface area contributed by atoms with Crippen LogP contribution in [0.4, 0.5) is 5.69 Å². The Morgan fingerprint density at radius 2 is 1.53 bits per heavy atom. The van der Waals surface area contributed by atoms with Gasteiger partial charge < -0.3 is 25.2 Å². The van der Waals surface area contributed by atoms with Gasteiger partial charge in [-0.25, -0.2) is 0 Å². The maximum absolute atomic E-state index is 12.0. The molecular formula is C36H35Cl3N2O5S. The Kier molecular flexibility index (Phi) is 11.9. The lowest BCUT2D eigenvalue weighted by Gasteiger charge is -2.41. The fourth-order valence-corrected chi connectivity index (χ4v) is 6.57. The molecule has 5 rings (SSSR count). The van der Waals surface area contributed by atoms with Gasteiger partial charge in [0.2, 0.25) is 5.91 Å². The first-order chi connectivity index (χ1) is 22.5. The van der Waals surface area contributed by atoms with Crippen molar-refractivity contribution in [1.82, 2.24) is 5.32 Å². The summed E-state index contributed by atoms with van der Waals surface area (Å²) in [5.74, 6) is -0.0466. The predicted molar refractivity (Wildman–Crippen MR) is 188 cm³/mol. The number of aliphatic hydroxyl groups excluding tert-OH is 1. The highest BCUT2D eigenvalue weighted by Gasteiger charge is 2.38. The summed E-state index contributed by atoms with van der Waals surface area (Å²) in [6, 6.07) is 31.4. The van der Waals surface area contributed by atoms with Crippen LogP contribution in [0.5, 0.6) is 0 Å². The summed E-state index contributed by atoms with van der Waals surface area (Å²) in [5, 5.41) is 15.0. The number of alkyl halides is 3. The highest BCUT2D eigenvalue weighted by atomic mass is 35.6. The smallest absolute Gasteiger partial charge is 0.272 e. The van der Waals surface area contributed by atoms with Crippen molar-refractivity contribution >= 4 is 64.1 Å². The van der Waals surface area contributed by atoms with Gasteiger partial charge in [0.25, 0.3) is 9.70 Å². The third kappa shape index (κ3) is 9.51. The van der Waals surface area contributed by atoms with Crippen LogP contribution in [0.1, 0.15) is 48.5 Å². The zero-order valence-electron chi connectivity index (χ0n) is 25.8. The summed E-state index contributed by atoms with van der Waals surface area (Å²) in [5.41, 5.74) is 6.32. The largest absolute Gasteiger partial charge is 0.392 e. The molecule has 0 saturated carbocycles. The molecule has 0 aliphatic carbocycles. The first-order valence-electron chi connectivity index (χ1n) is 15.1. The molecule has 1 saturated heterocycles. The number of hydrogen-bond acceptors (Lipinski definition) is 6. The van der Waals surface area contributed by atoms with Crippen molar-refractivity contribution < 1.29 is 24.2 Å². The summed E-state index contributed by atoms with van der Waals surface area (Å²) in [6.07, 6.45) is -0.956. The Bertz CT molecular complexity index is 1660. The van der Waals surface area contributed by atoms with Crippen LogP contribution in [-0.2, 0) is 32.2 Å². The Hall–Kier alpha value is -3.08. The summed E-state index contributed by atoms with van der Waals surface area (Å²) in [7, 11) is 0. The van der Waals surface area contributed by atoms with Gasteiger partial charge in [-0.05, 0) is 58.1 Å². The first-order valence-corrected chi connectivity index (χ1v) is 17.2. The number of nitrogens with one attached hydrogen (secondary N) is 2. The van der Waals surface area contributed by atoms with Crippen LogP contribution >= 0.6 is 46.6 Å². The van der Waals surface area contributed by atoms with Gasteiger partial charge in [-0.3, -0.25) is 9.59 Å². The monoisotopic (exact) mass is 712 g/mol. The number of carbonyl (C=O) groups excluding carboxylic acids is 2. The molecule has 0 unspecified atom stereocenters. The van der Waals surface area contributed by atoms with Gasteiger partial charge in [-0.15, -0.1) is 11.8 Å². The van der Waals surface area contributed by atoms with Gasteiger partial charge in [0.05, 0.1) is 18.8 Å². The number of hydrogen-bond donors (Lipinski definition) is 3. The van der Waals surface area contributed by atoms with Crippen molar-refractivity contribution in [2.24, 2.45) is 5.92 Å². The third-order valence-corrected chi connectivity index (χ3v) is 9.48. The summed E-state index contributed by atoms with van der Waals surface area (Å²) in [4.78, 5) is 24.4. The molecule has 0 aromatic heterocycles. The van der Waals surface area contributed by atoms with Crippen LogP contribution in [0.2, 0.25) is 0 Å². The molecule has 4 aromatic carbocycles. The first kappa shape index (κ1) is 35.2. The molecule has 11 heteroatoms. The van der Waals surface area contributed by atoms with Crippen LogP contribution in [0, 0.1) is 5.92 Å². The summed E-state index contributed by atoms with van der Waals surface area (Å²) in [6.45, 7) is 3.83. The van der Waals surface area contributed by atoms with Gasteiger partial charge in [0, 0.05) is 41.3 Å². The number of carbonyl (C=O) groups is 2. The van der Waals surface area contributed by atoms with E-state index in [9.17, 15) is 14.7 Å². The van der Waals surface area contributed by atoms with Crippen molar-refractivity contribution in [2.45, 2.75) is 54.2 Å². The summed E-state index contributed by atoms with van der Waals surface area (Å²) < 4.78 is 11.2. The molecule has 0 radical (unpaired) electrons. The zero-order chi connectivity index (χ0) is 33.6. The molecule has 3 N–H and O–H groups in total. The van der Waals surface area contributed by atoms with Crippen molar-refractivity contribution in [3.63, 3.8) is 0 Å². The van der Waals surface area contributed by atoms with Gasteiger partial charge in [0.15, 0.2) is 6.29 Å². The number of aliphatic hydroxyl groups is 1. The number of benzene rings is 4. The molecule has 2 amide bonds. The van der Waals surface area contributed by atoms with E-state index in [2.05, 4.69) is 17.6 Å². The molecule has 1 aliphatic rings. The molecule has 0 bridgehead atoms. The standard InChI is InChI=1S/C36H35Cl3N2O5S/c1-22-32(21-47-31-16-14-30(15-17-31)41-23(2)43)45-34(46-33(22)27-8-6-24(20-42)7-9-27)28-12-10-26(11-13-28)29-5-3-4-25(18-29)19-40-35(44)36(37,38)39/h3-18,22,32-34,42H,19-21H2,1-2H3,(H,40,44)(H,41,43)/t22-,32+,33+,34+/m1/s1. The number of ether oxygens (including phenoxy) is 2. The van der Waals surface area contributed by atoms with Crippen molar-refractivity contribution in [3.05, 3.63) is 119 Å². The minimum absolute atomic E-state index is 0.0219. The Balaban J connectivity index is 1.33. The molecule has 0 spiro atoms. The Morgan fingerprint density at radius 3 is 2.17 bits per heavy atom. The van der Waals surface area contributed by atoms with E-state index in [4.69, 9.17) is 44.3 Å². The SMILES string of the molecule is CC(=O)Nc1ccc(SC[C@@H]2O[C@H](c3ccc(-c4cccc(CNC(=O)C(Cl)(Cl)Cl)c4)cc3)O[C@H](c3ccc(CO)cc3)[C@@H]2C)cc1. The minimum atomic E-state index is -2.02. The van der Waals surface area contributed by atoms with Gasteiger partial charge in [-0.1, -0.05) is 108 Å². The Morgan fingerprint density at radius 1 is 0.851 bits per heavy atom. The summed E-state index contributed by atoms with van der Waals surface area (Å²) >= 11 is 18.7. The zero-order valence-corrected chi connectivity index (χ0v) is 28.9. The molecule has 1 fully saturated rings. The fraction of sp³-hybridized carbons (Fsp3) is 0.278. The number of halogens is 3. The van der Waals surface area contributed by atoms with Crippen LogP contribution in [0.15, 0.2) is 102 Å². The van der Waals surface area contributed by atoms with E-state index in [0.717, 1.165) is 44.0 Å². The van der Waals surface area contributed by atoms with Crippen LogP contribution in [0.3, 0.4) is 0 Å². The molecule has 246 valence electrons. The topological polar surface area (TPSA) is 96.9 Å². The average molecular weight is 714 g/mol. The van der Waals surface area contributed by atoms with Gasteiger partial charge >= 0.3 is 0 Å². The van der Waals surface area contributed by atoms with E-state index in [1.54, 1.807) is 11.8 Å². The second-order valence-electron chi connectivity index (χ2n) is 11.3. The maximum Gasteiger partial charge on any atom is 0.272 e. The molecule has 47 heavy (non-hydrogen) atoms. The lowest BCUT2D eigenvalue weighted by molar-refractivity contribution is -0.268. The van der Waals surface area contributed by atoms with E-state index in [1.807, 2.05) is 97.1 Å². The van der Waals surface area contributed by atoms with Gasteiger partial charge in [0.1, 0.15) is 0 Å². The van der Waals surface area contributed by atoms with Crippen LogP contribution in [0.25, 0.3) is 11.1 Å². The van der Waals surface area contributed by atoms with Crippen LogP contribution in [-0.4, -0.2) is 32.6 Å². The molecule has 4 atom stereocenters. The normalized spacial score (nSPS) is 19.6.